The first kappa shape index (κ1) is 14.2. The highest BCUT2D eigenvalue weighted by atomic mass is 32.2. The molecular weight excluding hydrogens is 268 g/mol. The van der Waals surface area contributed by atoms with E-state index >= 15 is 0 Å². The molecule has 1 aromatic carbocycles. The lowest BCUT2D eigenvalue weighted by atomic mass is 10.0. The predicted octanol–water partition coefficient (Wildman–Crippen LogP) is 1.75. The highest BCUT2D eigenvalue weighted by Crippen LogP contribution is 2.25. The molecule has 0 radical (unpaired) electrons. The molecule has 0 saturated carbocycles. The van der Waals surface area contributed by atoms with Gasteiger partial charge in [-0.15, -0.1) is 0 Å². The van der Waals surface area contributed by atoms with E-state index in [0.29, 0.717) is 0 Å². The Balaban J connectivity index is 1.94. The summed E-state index contributed by atoms with van der Waals surface area (Å²) < 4.78 is 26.4. The van der Waals surface area contributed by atoms with Crippen molar-refractivity contribution in [3.05, 3.63) is 35.9 Å². The van der Waals surface area contributed by atoms with Crippen molar-refractivity contribution < 1.29 is 22.1 Å². The Labute approximate surface area is 114 Å². The maximum Gasteiger partial charge on any atom is 0.339 e. The smallest absolute Gasteiger partial charge is 0.339 e. The molecule has 2 rings (SSSR count). The van der Waals surface area contributed by atoms with E-state index in [2.05, 4.69) is 0 Å². The molecule has 0 aliphatic carbocycles. The van der Waals surface area contributed by atoms with E-state index in [1.807, 2.05) is 44.2 Å². The summed E-state index contributed by atoms with van der Waals surface area (Å²) in [5.41, 5.74) is 0.886. The van der Waals surface area contributed by atoms with Crippen molar-refractivity contribution in [2.45, 2.75) is 32.7 Å². The highest BCUT2D eigenvalue weighted by Gasteiger charge is 2.43. The summed E-state index contributed by atoms with van der Waals surface area (Å²) in [6.45, 7) is 3.90. The minimum absolute atomic E-state index is 0.0146. The minimum atomic E-state index is -1.87. The summed E-state index contributed by atoms with van der Waals surface area (Å²) in [5.74, 6) is -0.533. The van der Waals surface area contributed by atoms with Gasteiger partial charge in [-0.2, -0.15) is 4.21 Å². The lowest BCUT2D eigenvalue weighted by Gasteiger charge is -2.17. The second-order valence-electron chi connectivity index (χ2n) is 4.62. The van der Waals surface area contributed by atoms with Crippen LogP contribution in [0.3, 0.4) is 0 Å². The van der Waals surface area contributed by atoms with Gasteiger partial charge in [-0.3, -0.25) is 8.37 Å². The van der Waals surface area contributed by atoms with Gasteiger partial charge in [0.1, 0.15) is 12.7 Å². The largest absolute Gasteiger partial charge is 0.459 e. The summed E-state index contributed by atoms with van der Waals surface area (Å²) in [5, 5.41) is 0. The fourth-order valence-corrected chi connectivity index (χ4v) is 2.66. The summed E-state index contributed by atoms with van der Waals surface area (Å²) in [6.07, 6.45) is -1.46. The van der Waals surface area contributed by atoms with Gasteiger partial charge in [0.2, 0.25) is 6.10 Å². The Morgan fingerprint density at radius 2 is 2.00 bits per heavy atom. The molecular formula is C13H16O5S. The maximum absolute atomic E-state index is 11.9. The molecule has 0 bridgehead atoms. The van der Waals surface area contributed by atoms with Crippen molar-refractivity contribution >= 4 is 17.3 Å². The summed E-state index contributed by atoms with van der Waals surface area (Å²) >= 11 is -1.87. The molecule has 1 unspecified atom stereocenters. The lowest BCUT2D eigenvalue weighted by Crippen LogP contribution is -2.36. The van der Waals surface area contributed by atoms with Crippen molar-refractivity contribution in [1.29, 1.82) is 0 Å². The Bertz CT molecular complexity index is 459. The van der Waals surface area contributed by atoms with E-state index in [-0.39, 0.29) is 12.5 Å². The van der Waals surface area contributed by atoms with E-state index in [0.717, 1.165) is 5.56 Å². The van der Waals surface area contributed by atoms with Crippen LogP contribution in [-0.2, 0) is 35.9 Å². The fourth-order valence-electron chi connectivity index (χ4n) is 1.75. The first-order valence-electron chi connectivity index (χ1n) is 6.04. The third-order valence-electron chi connectivity index (χ3n) is 2.78. The number of carbonyl (C=O) groups excluding carboxylic acids is 1. The maximum atomic E-state index is 11.9. The van der Waals surface area contributed by atoms with Crippen LogP contribution in [0.25, 0.3) is 0 Å². The zero-order valence-corrected chi connectivity index (χ0v) is 11.6. The quantitative estimate of drug-likeness (QED) is 0.788. The topological polar surface area (TPSA) is 61.8 Å². The van der Waals surface area contributed by atoms with Crippen LogP contribution in [0.1, 0.15) is 19.4 Å². The second kappa shape index (κ2) is 6.27. The van der Waals surface area contributed by atoms with Crippen LogP contribution < -0.4 is 0 Å². The molecule has 0 aromatic heterocycles. The van der Waals surface area contributed by atoms with Gasteiger partial charge in [0.05, 0.1) is 0 Å². The molecule has 1 aliphatic heterocycles. The van der Waals surface area contributed by atoms with E-state index < -0.39 is 29.5 Å². The monoisotopic (exact) mass is 284 g/mol. The normalized spacial score (nSPS) is 26.6. The third-order valence-corrected chi connectivity index (χ3v) is 3.53. The van der Waals surface area contributed by atoms with Crippen LogP contribution in [0.15, 0.2) is 30.3 Å². The number of hydrogen-bond donors (Lipinski definition) is 0. The van der Waals surface area contributed by atoms with Crippen LogP contribution in [0.5, 0.6) is 0 Å². The number of rotatable bonds is 4. The van der Waals surface area contributed by atoms with E-state index in [1.165, 1.54) is 0 Å². The predicted molar refractivity (Wildman–Crippen MR) is 69.0 cm³/mol. The van der Waals surface area contributed by atoms with E-state index in [4.69, 9.17) is 13.1 Å². The van der Waals surface area contributed by atoms with Crippen LogP contribution in [0.4, 0.5) is 0 Å². The number of ether oxygens (including phenoxy) is 1. The van der Waals surface area contributed by atoms with Crippen molar-refractivity contribution in [2.24, 2.45) is 5.92 Å². The Hall–Kier alpha value is -1.24. The molecule has 5 nitrogen and oxygen atoms in total. The van der Waals surface area contributed by atoms with Gasteiger partial charge in [0.15, 0.2) is 0 Å². The molecule has 19 heavy (non-hydrogen) atoms. The zero-order chi connectivity index (χ0) is 13.8. The Kier molecular flexibility index (Phi) is 4.68. The van der Waals surface area contributed by atoms with Crippen molar-refractivity contribution in [2.75, 3.05) is 0 Å². The SMILES string of the molecule is CC(C)[C@H]1OS(=O)O[C@@H]1C(=O)OCc1ccccc1. The average Bonchev–Trinajstić information content (AvgIpc) is 2.79. The molecule has 1 aliphatic rings. The zero-order valence-electron chi connectivity index (χ0n) is 10.8. The van der Waals surface area contributed by atoms with Gasteiger partial charge in [0, 0.05) is 0 Å². The average molecular weight is 284 g/mol. The van der Waals surface area contributed by atoms with Crippen molar-refractivity contribution in [1.82, 2.24) is 0 Å². The fraction of sp³-hybridized carbons (Fsp3) is 0.462. The molecule has 1 fully saturated rings. The summed E-state index contributed by atoms with van der Waals surface area (Å²) in [4.78, 5) is 11.9. The molecule has 3 atom stereocenters. The third kappa shape index (κ3) is 3.62. The van der Waals surface area contributed by atoms with Crippen LogP contribution in [0.2, 0.25) is 0 Å². The standard InChI is InChI=1S/C13H16O5S/c1-9(2)11-12(18-19(15)17-11)13(14)16-8-10-6-4-3-5-7-10/h3-7,9,11-12H,8H2,1-2H3/t11-,12+,19?/m1/s1. The molecule has 0 amide bonds. The van der Waals surface area contributed by atoms with Crippen molar-refractivity contribution in [3.8, 4) is 0 Å². The molecule has 6 heteroatoms. The molecule has 1 aromatic rings. The molecule has 104 valence electrons. The molecule has 0 spiro atoms. The molecule has 1 heterocycles. The van der Waals surface area contributed by atoms with E-state index in [1.54, 1.807) is 0 Å². The van der Waals surface area contributed by atoms with Gasteiger partial charge in [-0.1, -0.05) is 44.2 Å². The van der Waals surface area contributed by atoms with Gasteiger partial charge < -0.3 is 4.74 Å². The Morgan fingerprint density at radius 3 is 2.63 bits per heavy atom. The number of benzene rings is 1. The number of esters is 1. The number of hydrogen-bond acceptors (Lipinski definition) is 5. The molecule has 0 N–H and O–H groups in total. The second-order valence-corrected chi connectivity index (χ2v) is 5.41. The Morgan fingerprint density at radius 1 is 1.32 bits per heavy atom. The first-order valence-corrected chi connectivity index (χ1v) is 7.04. The summed E-state index contributed by atoms with van der Waals surface area (Å²) in [6, 6.07) is 9.33. The van der Waals surface area contributed by atoms with Gasteiger partial charge >= 0.3 is 17.3 Å². The first-order chi connectivity index (χ1) is 9.08. The number of carbonyl (C=O) groups is 1. The van der Waals surface area contributed by atoms with Crippen LogP contribution in [0, 0.1) is 5.92 Å². The molecule has 1 saturated heterocycles. The van der Waals surface area contributed by atoms with Gasteiger partial charge in [-0.05, 0) is 11.5 Å². The van der Waals surface area contributed by atoms with Crippen LogP contribution >= 0.6 is 0 Å². The minimum Gasteiger partial charge on any atom is -0.459 e. The van der Waals surface area contributed by atoms with Gasteiger partial charge in [0.25, 0.3) is 0 Å². The highest BCUT2D eigenvalue weighted by molar-refractivity contribution is 7.75. The van der Waals surface area contributed by atoms with Crippen molar-refractivity contribution in [3.63, 3.8) is 0 Å². The lowest BCUT2D eigenvalue weighted by molar-refractivity contribution is -0.155. The van der Waals surface area contributed by atoms with Crippen LogP contribution in [-0.4, -0.2) is 22.4 Å². The van der Waals surface area contributed by atoms with E-state index in [9.17, 15) is 9.00 Å². The van der Waals surface area contributed by atoms with Gasteiger partial charge in [-0.25, -0.2) is 4.79 Å². The summed E-state index contributed by atoms with van der Waals surface area (Å²) in [7, 11) is 0.